The number of benzene rings is 4. The van der Waals surface area contributed by atoms with Crippen LogP contribution in [0.2, 0.25) is 0 Å². The molecule has 0 bridgehead atoms. The van der Waals surface area contributed by atoms with Gasteiger partial charge >= 0.3 is 0 Å². The van der Waals surface area contributed by atoms with E-state index in [9.17, 15) is 18.3 Å². The third kappa shape index (κ3) is 5.21. The molecule has 5 heteroatoms. The summed E-state index contributed by atoms with van der Waals surface area (Å²) in [5.41, 5.74) is 3.43. The second-order valence-electron chi connectivity index (χ2n) is 7.78. The van der Waals surface area contributed by atoms with Gasteiger partial charge in [-0.3, -0.25) is 0 Å². The summed E-state index contributed by atoms with van der Waals surface area (Å²) >= 11 is 0. The molecule has 0 heterocycles. The van der Waals surface area contributed by atoms with Crippen molar-refractivity contribution in [2.45, 2.75) is 13.5 Å². The highest BCUT2D eigenvalue weighted by Crippen LogP contribution is 2.29. The molecule has 0 aliphatic carbocycles. The van der Waals surface area contributed by atoms with Crippen LogP contribution < -0.4 is 0 Å². The minimum Gasteiger partial charge on any atom is -0.508 e. The van der Waals surface area contributed by atoms with Gasteiger partial charge in [0.05, 0.1) is 6.61 Å². The predicted molar refractivity (Wildman–Crippen MR) is 130 cm³/mol. The Hall–Kier alpha value is -3.83. The first-order chi connectivity index (χ1) is 16.5. The van der Waals surface area contributed by atoms with Crippen LogP contribution in [0.1, 0.15) is 23.6 Å². The van der Waals surface area contributed by atoms with Crippen LogP contribution >= 0.6 is 0 Å². The van der Waals surface area contributed by atoms with Gasteiger partial charge in [-0.25, -0.2) is 13.2 Å². The van der Waals surface area contributed by atoms with Gasteiger partial charge in [-0.1, -0.05) is 72.8 Å². The summed E-state index contributed by atoms with van der Waals surface area (Å²) in [4.78, 5) is 0. The largest absolute Gasteiger partial charge is 0.508 e. The fourth-order valence-electron chi connectivity index (χ4n) is 3.62. The van der Waals surface area contributed by atoms with E-state index in [-0.39, 0.29) is 22.7 Å². The smallest absolute Gasteiger partial charge is 0.167 e. The van der Waals surface area contributed by atoms with Gasteiger partial charge in [0.2, 0.25) is 0 Å². The van der Waals surface area contributed by atoms with Crippen molar-refractivity contribution in [2.24, 2.45) is 0 Å². The summed E-state index contributed by atoms with van der Waals surface area (Å²) in [5.74, 6) is -2.18. The molecular weight excluding hydrogens is 437 g/mol. The van der Waals surface area contributed by atoms with Crippen LogP contribution in [0.5, 0.6) is 5.75 Å². The number of hydrogen-bond donors (Lipinski definition) is 1. The van der Waals surface area contributed by atoms with E-state index in [4.69, 9.17) is 4.74 Å². The maximum absolute atomic E-state index is 14.6. The molecule has 0 unspecified atom stereocenters. The van der Waals surface area contributed by atoms with Crippen LogP contribution in [0, 0.1) is 17.5 Å². The van der Waals surface area contributed by atoms with Crippen LogP contribution in [0.4, 0.5) is 13.2 Å². The van der Waals surface area contributed by atoms with Crippen LogP contribution in [0.3, 0.4) is 0 Å². The van der Waals surface area contributed by atoms with Crippen molar-refractivity contribution in [1.82, 2.24) is 0 Å². The molecule has 0 radical (unpaired) electrons. The lowest BCUT2D eigenvalue weighted by molar-refractivity contribution is 0.134. The lowest BCUT2D eigenvalue weighted by Gasteiger charge is -2.08. The first-order valence-corrected chi connectivity index (χ1v) is 10.9. The molecule has 4 aromatic rings. The highest BCUT2D eigenvalue weighted by molar-refractivity contribution is 5.74. The van der Waals surface area contributed by atoms with Gasteiger partial charge in [0, 0.05) is 23.3 Å². The highest BCUT2D eigenvalue weighted by Gasteiger charge is 2.13. The number of phenols is 1. The van der Waals surface area contributed by atoms with E-state index in [1.807, 2.05) is 13.0 Å². The molecule has 0 aromatic heterocycles. The first-order valence-electron chi connectivity index (χ1n) is 10.9. The minimum absolute atomic E-state index is 0.0523. The van der Waals surface area contributed by atoms with Gasteiger partial charge in [-0.05, 0) is 47.4 Å². The average Bonchev–Trinajstić information content (AvgIpc) is 2.85. The van der Waals surface area contributed by atoms with E-state index >= 15 is 0 Å². The normalized spacial score (nSPS) is 11.3. The van der Waals surface area contributed by atoms with E-state index in [1.54, 1.807) is 36.4 Å². The Morgan fingerprint density at radius 2 is 1.38 bits per heavy atom. The molecule has 0 atom stereocenters. The van der Waals surface area contributed by atoms with Gasteiger partial charge < -0.3 is 9.84 Å². The molecule has 1 N–H and O–H groups in total. The third-order valence-electron chi connectivity index (χ3n) is 5.47. The molecule has 0 spiro atoms. The Morgan fingerprint density at radius 3 is 2.06 bits per heavy atom. The molecule has 0 saturated heterocycles. The fourth-order valence-corrected chi connectivity index (χ4v) is 3.62. The van der Waals surface area contributed by atoms with Crippen LogP contribution in [-0.4, -0.2) is 11.7 Å². The van der Waals surface area contributed by atoms with Gasteiger partial charge in [0.1, 0.15) is 11.6 Å². The number of rotatable bonds is 7. The second-order valence-corrected chi connectivity index (χ2v) is 7.78. The summed E-state index contributed by atoms with van der Waals surface area (Å²) in [7, 11) is 0. The highest BCUT2D eigenvalue weighted by atomic mass is 19.2. The van der Waals surface area contributed by atoms with Gasteiger partial charge in [-0.2, -0.15) is 0 Å². The molecule has 0 fully saturated rings. The predicted octanol–water partition coefficient (Wildman–Crippen LogP) is 7.85. The van der Waals surface area contributed by atoms with Crippen molar-refractivity contribution in [2.75, 3.05) is 6.61 Å². The van der Waals surface area contributed by atoms with Crippen molar-refractivity contribution in [3.63, 3.8) is 0 Å². The molecule has 2 nitrogen and oxygen atoms in total. The van der Waals surface area contributed by atoms with Gasteiger partial charge in [-0.15, -0.1) is 0 Å². The van der Waals surface area contributed by atoms with E-state index < -0.39 is 11.6 Å². The average molecular weight is 460 g/mol. The number of aromatic hydroxyl groups is 1. The summed E-state index contributed by atoms with van der Waals surface area (Å²) in [6.07, 6.45) is 3.17. The number of phenolic OH excluding ortho intramolecular Hbond substituents is 1. The Bertz CT molecular complexity index is 1310. The number of halogens is 3. The summed E-state index contributed by atoms with van der Waals surface area (Å²) in [6.45, 7) is 2.82. The SMILES string of the molecule is CCOCc1ccc(-c2ccc(/C=C/c3ccc(-c4ccc(O)cc4)c(F)c3F)cc2)c(F)c1. The number of hydrogen-bond acceptors (Lipinski definition) is 2. The van der Waals surface area contributed by atoms with E-state index in [1.165, 1.54) is 48.5 Å². The Kier molecular flexibility index (Phi) is 7.14. The molecular formula is C29H23F3O2. The Morgan fingerprint density at radius 1 is 0.735 bits per heavy atom. The lowest BCUT2D eigenvalue weighted by atomic mass is 10.0. The van der Waals surface area contributed by atoms with E-state index in [0.29, 0.717) is 29.9 Å². The zero-order valence-corrected chi connectivity index (χ0v) is 18.6. The first kappa shape index (κ1) is 23.3. The molecule has 4 rings (SSSR count). The second kappa shape index (κ2) is 10.4. The summed E-state index contributed by atoms with van der Waals surface area (Å²) in [5, 5.41) is 9.38. The quantitative estimate of drug-likeness (QED) is 0.285. The molecule has 0 amide bonds. The Balaban J connectivity index is 1.51. The molecule has 172 valence electrons. The van der Waals surface area contributed by atoms with Crippen molar-refractivity contribution in [3.05, 3.63) is 113 Å². The van der Waals surface area contributed by atoms with Gasteiger partial charge in [0.15, 0.2) is 11.6 Å². The lowest BCUT2D eigenvalue weighted by Crippen LogP contribution is -1.94. The molecule has 4 aromatic carbocycles. The van der Waals surface area contributed by atoms with Crippen molar-refractivity contribution in [1.29, 1.82) is 0 Å². The molecule has 0 aliphatic rings. The zero-order valence-electron chi connectivity index (χ0n) is 18.6. The van der Waals surface area contributed by atoms with Gasteiger partial charge in [0.25, 0.3) is 0 Å². The maximum atomic E-state index is 14.6. The standard InChI is InChI=1S/C29H23F3O2/c1-2-34-18-20-6-15-25(27(30)17-20)21-7-3-19(4-8-21)5-9-23-12-16-26(29(32)28(23)31)22-10-13-24(33)14-11-22/h3-17,33H,2,18H2,1H3/b9-5+. The zero-order chi connectivity index (χ0) is 24.1. The van der Waals surface area contributed by atoms with Crippen molar-refractivity contribution in [3.8, 4) is 28.0 Å². The topological polar surface area (TPSA) is 29.5 Å². The monoisotopic (exact) mass is 460 g/mol. The molecule has 0 aliphatic heterocycles. The number of ether oxygens (including phenoxy) is 1. The summed E-state index contributed by atoms with van der Waals surface area (Å²) < 4.78 is 49.1. The Labute approximate surface area is 196 Å². The van der Waals surface area contributed by atoms with E-state index in [0.717, 1.165) is 11.1 Å². The molecule has 0 saturated carbocycles. The minimum atomic E-state index is -0.952. The van der Waals surface area contributed by atoms with Crippen molar-refractivity contribution >= 4 is 12.2 Å². The van der Waals surface area contributed by atoms with Crippen LogP contribution in [-0.2, 0) is 11.3 Å². The van der Waals surface area contributed by atoms with Crippen LogP contribution in [0.25, 0.3) is 34.4 Å². The van der Waals surface area contributed by atoms with Crippen LogP contribution in [0.15, 0.2) is 78.9 Å². The van der Waals surface area contributed by atoms with Crippen molar-refractivity contribution < 1.29 is 23.0 Å². The fraction of sp³-hybridized carbons (Fsp3) is 0.103. The molecule has 34 heavy (non-hydrogen) atoms. The third-order valence-corrected chi connectivity index (χ3v) is 5.47. The maximum Gasteiger partial charge on any atom is 0.167 e. The summed E-state index contributed by atoms with van der Waals surface area (Å²) in [6, 6.07) is 21.1. The van der Waals surface area contributed by atoms with E-state index in [2.05, 4.69) is 0 Å².